The van der Waals surface area contributed by atoms with Gasteiger partial charge in [0.25, 0.3) is 5.56 Å². The Labute approximate surface area is 150 Å². The molecule has 2 N–H and O–H groups in total. The lowest BCUT2D eigenvalue weighted by Gasteiger charge is -2.08. The molecular weight excluding hydrogens is 342 g/mol. The molecule has 1 amide bonds. The minimum Gasteiger partial charge on any atom is -0.355 e. The fourth-order valence-electron chi connectivity index (χ4n) is 2.41. The van der Waals surface area contributed by atoms with Gasteiger partial charge in [-0.2, -0.15) is 0 Å². The highest BCUT2D eigenvalue weighted by molar-refractivity contribution is 7.99. The van der Waals surface area contributed by atoms with E-state index in [1.54, 1.807) is 11.3 Å². The quantitative estimate of drug-likeness (QED) is 0.553. The molecule has 2 heterocycles. The van der Waals surface area contributed by atoms with E-state index in [9.17, 15) is 9.59 Å². The summed E-state index contributed by atoms with van der Waals surface area (Å²) in [6.07, 6.45) is 2.90. The molecule has 2 rings (SSSR count). The van der Waals surface area contributed by atoms with Gasteiger partial charge in [0.05, 0.1) is 11.1 Å². The first kappa shape index (κ1) is 19.0. The van der Waals surface area contributed by atoms with Gasteiger partial charge in [0, 0.05) is 11.4 Å². The number of aromatic nitrogens is 2. The van der Waals surface area contributed by atoms with Crippen LogP contribution in [0.25, 0.3) is 10.2 Å². The minimum atomic E-state index is -0.0980. The molecule has 0 bridgehead atoms. The van der Waals surface area contributed by atoms with Crippen LogP contribution in [0.15, 0.2) is 9.95 Å². The van der Waals surface area contributed by atoms with E-state index in [-0.39, 0.29) is 17.2 Å². The lowest BCUT2D eigenvalue weighted by molar-refractivity contribution is -0.118. The lowest BCUT2D eigenvalue weighted by atomic mass is 9.98. The smallest absolute Gasteiger partial charge is 0.260 e. The van der Waals surface area contributed by atoms with E-state index in [1.807, 2.05) is 6.92 Å². The normalized spacial score (nSPS) is 12.5. The second-order valence-electron chi connectivity index (χ2n) is 6.04. The Balaban J connectivity index is 2.21. The maximum absolute atomic E-state index is 12.5. The number of carbonyl (C=O) groups excluding carboxylic acids is 1. The average Bonchev–Trinajstić information content (AvgIpc) is 2.86. The summed E-state index contributed by atoms with van der Waals surface area (Å²) in [7, 11) is 0. The number of thioether (sulfide) groups is 1. The fourth-order valence-corrected chi connectivity index (χ4v) is 4.21. The van der Waals surface area contributed by atoms with Crippen LogP contribution in [-0.4, -0.2) is 28.2 Å². The molecule has 5 nitrogen and oxygen atoms in total. The molecule has 0 aliphatic heterocycles. The number of rotatable bonds is 8. The Kier molecular flexibility index (Phi) is 6.86. The van der Waals surface area contributed by atoms with Crippen LogP contribution in [-0.2, 0) is 11.2 Å². The number of carbonyl (C=O) groups is 1. The van der Waals surface area contributed by atoms with Crippen molar-refractivity contribution in [1.29, 1.82) is 0 Å². The number of aromatic amines is 1. The van der Waals surface area contributed by atoms with Gasteiger partial charge >= 0.3 is 0 Å². The van der Waals surface area contributed by atoms with Crippen LogP contribution in [0.5, 0.6) is 0 Å². The SMILES string of the molecule is CCCNC(=O)CSc1nc2sc(C)c(CC(C)CC)c2c(=O)[nH]1. The molecule has 0 fully saturated rings. The van der Waals surface area contributed by atoms with Gasteiger partial charge in [-0.3, -0.25) is 9.59 Å². The van der Waals surface area contributed by atoms with Crippen molar-refractivity contribution < 1.29 is 4.79 Å². The van der Waals surface area contributed by atoms with Crippen LogP contribution in [0.4, 0.5) is 0 Å². The molecule has 0 aromatic carbocycles. The van der Waals surface area contributed by atoms with Gasteiger partial charge in [-0.25, -0.2) is 4.98 Å². The summed E-state index contributed by atoms with van der Waals surface area (Å²) in [6, 6.07) is 0. The predicted octanol–water partition coefficient (Wildman–Crippen LogP) is 3.50. The maximum atomic E-state index is 12.5. The number of hydrogen-bond donors (Lipinski definition) is 2. The number of hydrogen-bond acceptors (Lipinski definition) is 5. The fraction of sp³-hybridized carbons (Fsp3) is 0.588. The Hall–Kier alpha value is -1.34. The average molecular weight is 368 g/mol. The van der Waals surface area contributed by atoms with Crippen molar-refractivity contribution in [1.82, 2.24) is 15.3 Å². The zero-order valence-electron chi connectivity index (χ0n) is 14.7. The molecule has 0 aliphatic carbocycles. The topological polar surface area (TPSA) is 74.8 Å². The summed E-state index contributed by atoms with van der Waals surface area (Å²) in [4.78, 5) is 33.5. The van der Waals surface area contributed by atoms with Gasteiger partial charge in [0.15, 0.2) is 5.16 Å². The number of amides is 1. The van der Waals surface area contributed by atoms with Gasteiger partial charge in [0.2, 0.25) is 5.91 Å². The summed E-state index contributed by atoms with van der Waals surface area (Å²) < 4.78 is 0. The molecule has 0 saturated carbocycles. The van der Waals surface area contributed by atoms with E-state index in [0.29, 0.717) is 17.6 Å². The number of thiophene rings is 1. The number of nitrogens with one attached hydrogen (secondary N) is 2. The van der Waals surface area contributed by atoms with E-state index in [2.05, 4.69) is 36.1 Å². The van der Waals surface area contributed by atoms with Crippen molar-refractivity contribution >= 4 is 39.2 Å². The van der Waals surface area contributed by atoms with Crippen molar-refractivity contribution in [2.45, 2.75) is 52.1 Å². The second-order valence-corrected chi connectivity index (χ2v) is 8.21. The molecule has 2 aromatic heterocycles. The summed E-state index contributed by atoms with van der Waals surface area (Å²) in [5.74, 6) is 0.764. The van der Waals surface area contributed by atoms with Gasteiger partial charge < -0.3 is 10.3 Å². The van der Waals surface area contributed by atoms with Crippen LogP contribution in [0.1, 0.15) is 44.1 Å². The molecule has 132 valence electrons. The van der Waals surface area contributed by atoms with Crippen molar-refractivity contribution in [3.05, 3.63) is 20.8 Å². The van der Waals surface area contributed by atoms with E-state index in [0.717, 1.165) is 39.9 Å². The molecule has 24 heavy (non-hydrogen) atoms. The van der Waals surface area contributed by atoms with E-state index in [4.69, 9.17) is 0 Å². The highest BCUT2D eigenvalue weighted by atomic mass is 32.2. The molecule has 0 saturated heterocycles. The number of nitrogens with zero attached hydrogens (tertiary/aromatic N) is 1. The van der Waals surface area contributed by atoms with Gasteiger partial charge in [-0.1, -0.05) is 39.0 Å². The summed E-state index contributed by atoms with van der Waals surface area (Å²) >= 11 is 2.83. The highest BCUT2D eigenvalue weighted by Gasteiger charge is 2.17. The molecule has 7 heteroatoms. The van der Waals surface area contributed by atoms with Gasteiger partial charge in [0.1, 0.15) is 4.83 Å². The van der Waals surface area contributed by atoms with Gasteiger partial charge in [-0.05, 0) is 31.2 Å². The van der Waals surface area contributed by atoms with Crippen molar-refractivity contribution in [2.75, 3.05) is 12.3 Å². The van der Waals surface area contributed by atoms with E-state index < -0.39 is 0 Å². The maximum Gasteiger partial charge on any atom is 0.260 e. The standard InChI is InChI=1S/C17H25N3O2S2/c1-5-7-18-13(21)9-23-17-19-15(22)14-12(8-10(3)6-2)11(4)24-16(14)20-17/h10H,5-9H2,1-4H3,(H,18,21)(H,19,20,22). The molecule has 2 aromatic rings. The van der Waals surface area contributed by atoms with E-state index >= 15 is 0 Å². The summed E-state index contributed by atoms with van der Waals surface area (Å²) in [5, 5.41) is 4.05. The van der Waals surface area contributed by atoms with Crippen LogP contribution in [0.3, 0.4) is 0 Å². The molecule has 0 radical (unpaired) electrons. The van der Waals surface area contributed by atoms with Crippen molar-refractivity contribution in [3.8, 4) is 0 Å². The molecule has 1 unspecified atom stereocenters. The Bertz CT molecular complexity index is 767. The van der Waals surface area contributed by atoms with Crippen LogP contribution < -0.4 is 10.9 Å². The molecule has 0 spiro atoms. The van der Waals surface area contributed by atoms with Crippen molar-refractivity contribution in [2.24, 2.45) is 5.92 Å². The molecule has 0 aliphatic rings. The monoisotopic (exact) mass is 367 g/mol. The van der Waals surface area contributed by atoms with E-state index in [1.165, 1.54) is 11.8 Å². The Morgan fingerprint density at radius 1 is 1.42 bits per heavy atom. The third-order valence-corrected chi connectivity index (χ3v) is 5.92. The predicted molar refractivity (Wildman–Crippen MR) is 102 cm³/mol. The van der Waals surface area contributed by atoms with Crippen LogP contribution >= 0.6 is 23.1 Å². The third-order valence-electron chi connectivity index (χ3n) is 4.00. The number of aryl methyl sites for hydroxylation is 1. The van der Waals surface area contributed by atoms with Crippen LogP contribution in [0.2, 0.25) is 0 Å². The van der Waals surface area contributed by atoms with Gasteiger partial charge in [-0.15, -0.1) is 11.3 Å². The lowest BCUT2D eigenvalue weighted by Crippen LogP contribution is -2.25. The second kappa shape index (κ2) is 8.67. The van der Waals surface area contributed by atoms with Crippen molar-refractivity contribution in [3.63, 3.8) is 0 Å². The highest BCUT2D eigenvalue weighted by Crippen LogP contribution is 2.30. The number of fused-ring (bicyclic) bond motifs is 1. The zero-order chi connectivity index (χ0) is 17.7. The third kappa shape index (κ3) is 4.60. The van der Waals surface area contributed by atoms with Crippen LogP contribution in [0, 0.1) is 12.8 Å². The minimum absolute atomic E-state index is 0.0376. The Morgan fingerprint density at radius 3 is 2.83 bits per heavy atom. The number of H-pyrrole nitrogens is 1. The Morgan fingerprint density at radius 2 is 2.17 bits per heavy atom. The first-order valence-corrected chi connectivity index (χ1v) is 10.2. The molecule has 1 atom stereocenters. The first-order chi connectivity index (χ1) is 11.5. The largest absolute Gasteiger partial charge is 0.355 e. The molecular formula is C17H25N3O2S2. The first-order valence-electron chi connectivity index (χ1n) is 8.38. The zero-order valence-corrected chi connectivity index (χ0v) is 16.3. The summed E-state index contributed by atoms with van der Waals surface area (Å²) in [6.45, 7) is 9.09. The summed E-state index contributed by atoms with van der Waals surface area (Å²) in [5.41, 5.74) is 1.02.